The minimum absolute atomic E-state index is 0.0554. The number of morpholine rings is 1. The molecule has 2 heterocycles. The molecule has 0 bridgehead atoms. The molecule has 0 aliphatic carbocycles. The lowest BCUT2D eigenvalue weighted by molar-refractivity contribution is -0.123. The van der Waals surface area contributed by atoms with Crippen LogP contribution in [0.4, 0.5) is 11.4 Å². The first-order chi connectivity index (χ1) is 19.5. The van der Waals surface area contributed by atoms with Crippen molar-refractivity contribution in [3.63, 3.8) is 0 Å². The van der Waals surface area contributed by atoms with Crippen LogP contribution < -0.4 is 15.1 Å². The first-order valence-electron chi connectivity index (χ1n) is 14.9. The fraction of sp³-hybridized carbons (Fsp3) is 0.545. The lowest BCUT2D eigenvalue weighted by atomic mass is 9.76. The Balaban J connectivity index is 1.47. The van der Waals surface area contributed by atoms with Crippen molar-refractivity contribution in [1.29, 1.82) is 0 Å². The van der Waals surface area contributed by atoms with Gasteiger partial charge in [0.25, 0.3) is 11.8 Å². The maximum Gasteiger partial charge on any atom is 0.265 e. The number of nitrogens with one attached hydrogen (secondary N) is 1. The zero-order valence-electron chi connectivity index (χ0n) is 25.8. The van der Waals surface area contributed by atoms with E-state index in [0.717, 1.165) is 43.1 Å². The van der Waals surface area contributed by atoms with E-state index in [1.807, 2.05) is 13.0 Å². The predicted octanol–water partition coefficient (Wildman–Crippen LogP) is 6.24. The van der Waals surface area contributed by atoms with Crippen molar-refractivity contribution < 1.29 is 19.1 Å². The summed E-state index contributed by atoms with van der Waals surface area (Å²) in [4.78, 5) is 28.1. The number of ether oxygens (including phenoxy) is 2. The van der Waals surface area contributed by atoms with Gasteiger partial charge < -0.3 is 19.7 Å². The van der Waals surface area contributed by atoms with Crippen LogP contribution in [0.25, 0.3) is 0 Å². The third kappa shape index (κ3) is 6.92. The highest BCUT2D eigenvalue weighted by molar-refractivity contribution is 6.12. The van der Waals surface area contributed by atoms with E-state index in [1.165, 1.54) is 10.6 Å². The fourth-order valence-corrected chi connectivity index (χ4v) is 4.98. The highest BCUT2D eigenvalue weighted by Crippen LogP contribution is 2.39. The number of rotatable bonds is 10. The van der Waals surface area contributed by atoms with Crippen molar-refractivity contribution in [1.82, 2.24) is 4.90 Å². The van der Waals surface area contributed by atoms with E-state index >= 15 is 0 Å². The maximum atomic E-state index is 13.3. The molecule has 1 fully saturated rings. The Morgan fingerprint density at radius 1 is 1.00 bits per heavy atom. The SMILES string of the molecule is CC[C@H](Oc1ccc(C(C)(C)CC)cc1C(C)(C)CC)C(=O)Nc1ccc(N2N=C(N3CCOCC3)CC2=O)cc1. The lowest BCUT2D eigenvalue weighted by Crippen LogP contribution is -2.40. The van der Waals surface area contributed by atoms with Crippen LogP contribution in [-0.4, -0.2) is 55.0 Å². The number of amidine groups is 1. The molecule has 4 rings (SSSR count). The molecule has 2 aromatic carbocycles. The Morgan fingerprint density at radius 2 is 1.66 bits per heavy atom. The second-order valence-corrected chi connectivity index (χ2v) is 12.2. The van der Waals surface area contributed by atoms with Crippen LogP contribution >= 0.6 is 0 Å². The van der Waals surface area contributed by atoms with Gasteiger partial charge in [-0.2, -0.15) is 10.1 Å². The molecule has 2 aromatic rings. The van der Waals surface area contributed by atoms with Crippen molar-refractivity contribution in [2.24, 2.45) is 5.10 Å². The van der Waals surface area contributed by atoms with Gasteiger partial charge in [0, 0.05) is 24.3 Å². The van der Waals surface area contributed by atoms with Gasteiger partial charge in [-0.25, -0.2) is 0 Å². The number of hydrogen-bond acceptors (Lipinski definition) is 6. The van der Waals surface area contributed by atoms with Gasteiger partial charge in [-0.05, 0) is 66.0 Å². The van der Waals surface area contributed by atoms with Gasteiger partial charge in [0.2, 0.25) is 0 Å². The smallest absolute Gasteiger partial charge is 0.265 e. The summed E-state index contributed by atoms with van der Waals surface area (Å²) in [6.45, 7) is 18.1. The number of carbonyl (C=O) groups excluding carboxylic acids is 2. The first-order valence-corrected chi connectivity index (χ1v) is 14.9. The van der Waals surface area contributed by atoms with Crippen LogP contribution in [0.15, 0.2) is 47.6 Å². The predicted molar refractivity (Wildman–Crippen MR) is 165 cm³/mol. The largest absolute Gasteiger partial charge is 0.480 e. The summed E-state index contributed by atoms with van der Waals surface area (Å²) in [6, 6.07) is 13.6. The molecule has 0 saturated carbocycles. The molecule has 0 unspecified atom stereocenters. The molecule has 41 heavy (non-hydrogen) atoms. The second-order valence-electron chi connectivity index (χ2n) is 12.2. The third-order valence-corrected chi connectivity index (χ3v) is 8.71. The third-order valence-electron chi connectivity index (χ3n) is 8.71. The Bertz CT molecular complexity index is 1260. The molecule has 0 spiro atoms. The number of carbonyl (C=O) groups is 2. The zero-order valence-corrected chi connectivity index (χ0v) is 25.8. The van der Waals surface area contributed by atoms with E-state index < -0.39 is 6.10 Å². The molecule has 8 nitrogen and oxygen atoms in total. The van der Waals surface area contributed by atoms with Crippen molar-refractivity contribution >= 4 is 29.0 Å². The highest BCUT2D eigenvalue weighted by Gasteiger charge is 2.31. The molecule has 0 radical (unpaired) electrons. The van der Waals surface area contributed by atoms with Crippen LogP contribution in [0.5, 0.6) is 5.75 Å². The summed E-state index contributed by atoms with van der Waals surface area (Å²) < 4.78 is 11.8. The van der Waals surface area contributed by atoms with E-state index in [0.29, 0.717) is 31.0 Å². The topological polar surface area (TPSA) is 83.5 Å². The monoisotopic (exact) mass is 562 g/mol. The number of hydrazone groups is 1. The molecule has 2 aliphatic heterocycles. The molecule has 222 valence electrons. The highest BCUT2D eigenvalue weighted by atomic mass is 16.5. The molecule has 1 atom stereocenters. The molecule has 2 aliphatic rings. The molecule has 8 heteroatoms. The Labute approximate surface area is 245 Å². The molecule has 1 N–H and O–H groups in total. The van der Waals surface area contributed by atoms with Crippen LogP contribution in [0.3, 0.4) is 0 Å². The number of anilines is 2. The van der Waals surface area contributed by atoms with Gasteiger partial charge >= 0.3 is 0 Å². The normalized spacial score (nSPS) is 17.0. The first kappa shape index (κ1) is 30.6. The van der Waals surface area contributed by atoms with Crippen molar-refractivity contribution in [3.8, 4) is 5.75 Å². The zero-order chi connectivity index (χ0) is 29.8. The number of benzene rings is 2. The van der Waals surface area contributed by atoms with Gasteiger partial charge in [0.1, 0.15) is 11.6 Å². The quantitative estimate of drug-likeness (QED) is 0.371. The Hall–Kier alpha value is -3.39. The van der Waals surface area contributed by atoms with Crippen LogP contribution in [0.2, 0.25) is 0 Å². The lowest BCUT2D eigenvalue weighted by Gasteiger charge is -2.31. The molecule has 2 amide bonds. The van der Waals surface area contributed by atoms with E-state index in [9.17, 15) is 9.59 Å². The number of nitrogens with zero attached hydrogens (tertiary/aromatic N) is 3. The average molecular weight is 563 g/mol. The van der Waals surface area contributed by atoms with Gasteiger partial charge in [0.05, 0.1) is 25.3 Å². The van der Waals surface area contributed by atoms with E-state index in [1.54, 1.807) is 24.3 Å². The molecular formula is C33H46N4O4. The Kier molecular flexibility index (Phi) is 9.42. The standard InChI is InChI=1S/C33H46N4O4/c1-8-27(41-28-16-11-23(32(4,5)9-2)21-26(28)33(6,7)10-3)31(39)34-24-12-14-25(15-13-24)37-30(38)22-29(35-37)36-17-19-40-20-18-36/h11-16,21,27H,8-10,17-20,22H2,1-7H3,(H,34,39)/t27-/m0/s1. The van der Waals surface area contributed by atoms with Crippen molar-refractivity contribution in [2.45, 2.75) is 91.1 Å². The average Bonchev–Trinajstić information content (AvgIpc) is 3.38. The molecule has 1 saturated heterocycles. The van der Waals surface area contributed by atoms with E-state index in [4.69, 9.17) is 9.47 Å². The van der Waals surface area contributed by atoms with Crippen molar-refractivity contribution in [3.05, 3.63) is 53.6 Å². The number of hydrogen-bond donors (Lipinski definition) is 1. The fourth-order valence-electron chi connectivity index (χ4n) is 4.98. The van der Waals surface area contributed by atoms with E-state index in [-0.39, 0.29) is 29.1 Å². The van der Waals surface area contributed by atoms with Gasteiger partial charge in [-0.15, -0.1) is 0 Å². The Morgan fingerprint density at radius 3 is 2.27 bits per heavy atom. The van der Waals surface area contributed by atoms with Gasteiger partial charge in [-0.1, -0.05) is 60.6 Å². The maximum absolute atomic E-state index is 13.3. The second kappa shape index (κ2) is 12.6. The van der Waals surface area contributed by atoms with Crippen LogP contribution in [0.1, 0.15) is 85.3 Å². The van der Waals surface area contributed by atoms with Crippen molar-refractivity contribution in [2.75, 3.05) is 36.6 Å². The van der Waals surface area contributed by atoms with E-state index in [2.05, 4.69) is 69.0 Å². The minimum atomic E-state index is -0.646. The summed E-state index contributed by atoms with van der Waals surface area (Å²) in [5.41, 5.74) is 3.66. The van der Waals surface area contributed by atoms with Gasteiger partial charge in [0.15, 0.2) is 6.10 Å². The van der Waals surface area contributed by atoms with Gasteiger partial charge in [-0.3, -0.25) is 9.59 Å². The molecular weight excluding hydrogens is 516 g/mol. The summed E-state index contributed by atoms with van der Waals surface area (Å²) in [5, 5.41) is 9.00. The number of amides is 2. The van der Waals surface area contributed by atoms with Crippen LogP contribution in [0, 0.1) is 0 Å². The summed E-state index contributed by atoms with van der Waals surface area (Å²) >= 11 is 0. The van der Waals surface area contributed by atoms with Crippen LogP contribution in [-0.2, 0) is 25.2 Å². The summed E-state index contributed by atoms with van der Waals surface area (Å²) in [7, 11) is 0. The summed E-state index contributed by atoms with van der Waals surface area (Å²) in [6.07, 6.45) is 2.14. The minimum Gasteiger partial charge on any atom is -0.480 e. The summed E-state index contributed by atoms with van der Waals surface area (Å²) in [5.74, 6) is 1.26. The molecule has 0 aromatic heterocycles.